The molecule has 1 amide bonds. The number of nitrogens with one attached hydrogen (secondary N) is 1. The first-order valence-electron chi connectivity index (χ1n) is 12.3. The van der Waals surface area contributed by atoms with Gasteiger partial charge in [0.25, 0.3) is 5.56 Å². The predicted octanol–water partition coefficient (Wildman–Crippen LogP) is 2.38. The lowest BCUT2D eigenvalue weighted by Crippen LogP contribution is -2.48. The van der Waals surface area contributed by atoms with Crippen molar-refractivity contribution in [1.29, 1.82) is 0 Å². The second-order valence-corrected chi connectivity index (χ2v) is 9.58. The fourth-order valence-electron chi connectivity index (χ4n) is 5.92. The maximum atomic E-state index is 13.6. The highest BCUT2D eigenvalue weighted by Crippen LogP contribution is 2.49. The van der Waals surface area contributed by atoms with Gasteiger partial charge >= 0.3 is 0 Å². The molecular weight excluding hydrogens is 470 g/mol. The topological polar surface area (TPSA) is 113 Å². The van der Waals surface area contributed by atoms with Gasteiger partial charge in [0, 0.05) is 67.3 Å². The van der Waals surface area contributed by atoms with Gasteiger partial charge in [0.15, 0.2) is 6.39 Å². The highest BCUT2D eigenvalue weighted by atomic mass is 16.3. The number of benzene rings is 1. The van der Waals surface area contributed by atoms with Gasteiger partial charge < -0.3 is 19.4 Å². The van der Waals surface area contributed by atoms with Gasteiger partial charge in [-0.25, -0.2) is 4.98 Å². The highest BCUT2D eigenvalue weighted by Gasteiger charge is 2.55. The SMILES string of the molecule is O=C(NCc1ccccc1)[C@H]1[C@H](CO)[C@H]2Cn3c(ccc(-c4cccnc4)c3=O)[C@H]2N1Cc1cocn1. The second kappa shape index (κ2) is 9.76. The standard InChI is InChI=1S/C28H27N5O4/c34-15-23-22-14-32-24(9-8-21(28(32)36)19-7-4-10-29-12-19)25(22)33(13-20-16-37-17-31-20)26(23)27(35)30-11-18-5-2-1-3-6-18/h1-10,12,16-17,22-23,25-26,34H,11,13-15H2,(H,30,35)/t22-,23-,25+,26-/m1/s1. The molecule has 1 fully saturated rings. The molecule has 0 saturated carbocycles. The number of amides is 1. The first-order chi connectivity index (χ1) is 18.2. The normalized spacial score (nSPS) is 22.5. The number of fused-ring (bicyclic) bond motifs is 3. The summed E-state index contributed by atoms with van der Waals surface area (Å²) in [5.74, 6) is -0.614. The molecule has 37 heavy (non-hydrogen) atoms. The average molecular weight is 498 g/mol. The number of nitrogens with zero attached hydrogens (tertiary/aromatic N) is 4. The van der Waals surface area contributed by atoms with Crippen LogP contribution in [-0.2, 0) is 24.4 Å². The molecule has 3 aromatic heterocycles. The van der Waals surface area contributed by atoms with E-state index >= 15 is 0 Å². The number of hydrogen-bond acceptors (Lipinski definition) is 7. The Morgan fingerprint density at radius 2 is 2.00 bits per heavy atom. The summed E-state index contributed by atoms with van der Waals surface area (Å²) in [6.45, 7) is 1.01. The van der Waals surface area contributed by atoms with Gasteiger partial charge in [-0.05, 0) is 23.8 Å². The van der Waals surface area contributed by atoms with E-state index < -0.39 is 6.04 Å². The summed E-state index contributed by atoms with van der Waals surface area (Å²) in [5.41, 5.74) is 3.77. The van der Waals surface area contributed by atoms with Crippen LogP contribution in [0.1, 0.15) is 23.0 Å². The largest absolute Gasteiger partial charge is 0.451 e. The maximum Gasteiger partial charge on any atom is 0.258 e. The number of carbonyl (C=O) groups excluding carboxylic acids is 1. The lowest BCUT2D eigenvalue weighted by molar-refractivity contribution is -0.128. The number of hydrogen-bond donors (Lipinski definition) is 2. The van der Waals surface area contributed by atoms with Gasteiger partial charge in [-0.3, -0.25) is 19.5 Å². The van der Waals surface area contributed by atoms with Crippen molar-refractivity contribution in [2.75, 3.05) is 6.61 Å². The van der Waals surface area contributed by atoms with Crippen molar-refractivity contribution in [3.05, 3.63) is 107 Å². The summed E-state index contributed by atoms with van der Waals surface area (Å²) in [6.07, 6.45) is 6.29. The molecule has 2 aliphatic rings. The van der Waals surface area contributed by atoms with Gasteiger partial charge in [0.2, 0.25) is 5.91 Å². The van der Waals surface area contributed by atoms with Crippen molar-refractivity contribution in [2.24, 2.45) is 11.8 Å². The van der Waals surface area contributed by atoms with E-state index in [1.54, 1.807) is 23.2 Å². The van der Waals surface area contributed by atoms with Crippen molar-refractivity contribution in [1.82, 2.24) is 24.8 Å². The number of rotatable bonds is 7. The minimum Gasteiger partial charge on any atom is -0.451 e. The number of aliphatic hydroxyl groups excluding tert-OH is 1. The van der Waals surface area contributed by atoms with Crippen LogP contribution in [0.15, 0.2) is 88.9 Å². The fraction of sp³-hybridized carbons (Fsp3) is 0.286. The van der Waals surface area contributed by atoms with E-state index in [1.807, 2.05) is 54.6 Å². The smallest absolute Gasteiger partial charge is 0.258 e. The monoisotopic (exact) mass is 497 g/mol. The zero-order valence-electron chi connectivity index (χ0n) is 20.1. The van der Waals surface area contributed by atoms with Gasteiger partial charge in [-0.2, -0.15) is 0 Å². The Balaban J connectivity index is 1.36. The van der Waals surface area contributed by atoms with Gasteiger partial charge in [0.05, 0.1) is 17.8 Å². The fourth-order valence-corrected chi connectivity index (χ4v) is 5.92. The molecule has 4 aromatic rings. The van der Waals surface area contributed by atoms with Gasteiger partial charge in [0.1, 0.15) is 6.26 Å². The number of carbonyl (C=O) groups is 1. The van der Waals surface area contributed by atoms with E-state index in [4.69, 9.17) is 4.42 Å². The van der Waals surface area contributed by atoms with Gasteiger partial charge in [-0.1, -0.05) is 36.4 Å². The van der Waals surface area contributed by atoms with E-state index in [2.05, 4.69) is 20.2 Å². The zero-order valence-corrected chi connectivity index (χ0v) is 20.1. The van der Waals surface area contributed by atoms with Crippen molar-refractivity contribution >= 4 is 5.91 Å². The average Bonchev–Trinajstić information content (AvgIpc) is 3.65. The Hall–Kier alpha value is -4.08. The summed E-state index contributed by atoms with van der Waals surface area (Å²) in [6, 6.07) is 16.4. The summed E-state index contributed by atoms with van der Waals surface area (Å²) < 4.78 is 6.98. The van der Waals surface area contributed by atoms with Crippen molar-refractivity contribution in [2.45, 2.75) is 31.7 Å². The molecule has 188 valence electrons. The Kier molecular flexibility index (Phi) is 6.15. The summed E-state index contributed by atoms with van der Waals surface area (Å²) in [5, 5.41) is 13.6. The number of oxazole rings is 1. The summed E-state index contributed by atoms with van der Waals surface area (Å²) in [4.78, 5) is 37.6. The van der Waals surface area contributed by atoms with Crippen LogP contribution in [0.5, 0.6) is 0 Å². The maximum absolute atomic E-state index is 13.6. The molecule has 4 atom stereocenters. The third-order valence-corrected chi connectivity index (χ3v) is 7.57. The Morgan fingerprint density at radius 1 is 1.14 bits per heavy atom. The highest BCUT2D eigenvalue weighted by molar-refractivity contribution is 5.82. The van der Waals surface area contributed by atoms with E-state index in [9.17, 15) is 14.7 Å². The lowest BCUT2D eigenvalue weighted by Gasteiger charge is -2.30. The van der Waals surface area contributed by atoms with Crippen LogP contribution >= 0.6 is 0 Å². The molecule has 1 aromatic carbocycles. The van der Waals surface area contributed by atoms with Crippen LogP contribution in [0.2, 0.25) is 0 Å². The van der Waals surface area contributed by atoms with Crippen molar-refractivity contribution in [3.63, 3.8) is 0 Å². The van der Waals surface area contributed by atoms with Crippen LogP contribution < -0.4 is 10.9 Å². The number of aliphatic hydroxyl groups is 1. The number of pyridine rings is 2. The first-order valence-corrected chi connectivity index (χ1v) is 12.3. The molecule has 0 bridgehead atoms. The van der Waals surface area contributed by atoms with E-state index in [-0.39, 0.29) is 36.0 Å². The molecule has 2 N–H and O–H groups in total. The summed E-state index contributed by atoms with van der Waals surface area (Å²) >= 11 is 0. The molecule has 0 spiro atoms. The molecule has 9 heteroatoms. The minimum atomic E-state index is -0.581. The Morgan fingerprint density at radius 3 is 2.73 bits per heavy atom. The molecule has 2 aliphatic heterocycles. The van der Waals surface area contributed by atoms with Gasteiger partial charge in [-0.15, -0.1) is 0 Å². The van der Waals surface area contributed by atoms with E-state index in [1.165, 1.54) is 6.39 Å². The van der Waals surface area contributed by atoms with Crippen LogP contribution in [0.3, 0.4) is 0 Å². The quantitative estimate of drug-likeness (QED) is 0.403. The molecule has 9 nitrogen and oxygen atoms in total. The third-order valence-electron chi connectivity index (χ3n) is 7.57. The second-order valence-electron chi connectivity index (χ2n) is 9.58. The van der Waals surface area contributed by atoms with Crippen LogP contribution in [0.25, 0.3) is 11.1 Å². The van der Waals surface area contributed by atoms with E-state index in [0.29, 0.717) is 30.9 Å². The predicted molar refractivity (Wildman–Crippen MR) is 135 cm³/mol. The van der Waals surface area contributed by atoms with Crippen molar-refractivity contribution < 1.29 is 14.3 Å². The lowest BCUT2D eigenvalue weighted by atomic mass is 9.88. The number of aromatic nitrogens is 3. The minimum absolute atomic E-state index is 0.0944. The van der Waals surface area contributed by atoms with Crippen LogP contribution in [0.4, 0.5) is 0 Å². The van der Waals surface area contributed by atoms with Crippen LogP contribution in [-0.4, -0.2) is 43.1 Å². The molecule has 6 rings (SSSR count). The molecule has 5 heterocycles. The number of likely N-dealkylation sites (tertiary alicyclic amines) is 1. The van der Waals surface area contributed by atoms with Crippen molar-refractivity contribution in [3.8, 4) is 11.1 Å². The zero-order chi connectivity index (χ0) is 25.4. The molecule has 0 radical (unpaired) electrons. The van der Waals surface area contributed by atoms with Crippen LogP contribution in [0, 0.1) is 11.8 Å². The molecule has 1 saturated heterocycles. The molecule has 0 aliphatic carbocycles. The Bertz CT molecular complexity index is 1440. The Labute approximate surface area is 213 Å². The van der Waals surface area contributed by atoms with E-state index in [0.717, 1.165) is 16.8 Å². The third kappa shape index (κ3) is 4.16. The first kappa shape index (κ1) is 23.3. The molecular formula is C28H27N5O4. The summed E-state index contributed by atoms with van der Waals surface area (Å²) in [7, 11) is 0. The molecule has 0 unspecified atom stereocenters.